The maximum absolute atomic E-state index is 13.3. The van der Waals surface area contributed by atoms with Gasteiger partial charge in [0.25, 0.3) is 5.56 Å². The summed E-state index contributed by atoms with van der Waals surface area (Å²) < 4.78 is 3.25. The number of nitrogens with zero attached hydrogens (tertiary/aromatic N) is 5. The van der Waals surface area contributed by atoms with Crippen LogP contribution in [0.2, 0.25) is 0 Å². The molecule has 0 saturated heterocycles. The second-order valence-electron chi connectivity index (χ2n) is 10.5. The Labute approximate surface area is 215 Å². The van der Waals surface area contributed by atoms with Crippen molar-refractivity contribution < 1.29 is 5.11 Å². The van der Waals surface area contributed by atoms with E-state index in [9.17, 15) is 9.90 Å². The number of nitrogens with one attached hydrogen (secondary N) is 2. The molecule has 0 amide bonds. The molecule has 5 rings (SSSR count). The summed E-state index contributed by atoms with van der Waals surface area (Å²) in [5.41, 5.74) is 2.76. The first-order chi connectivity index (χ1) is 17.6. The van der Waals surface area contributed by atoms with Crippen LogP contribution in [0, 0.1) is 0 Å². The Morgan fingerprint density at radius 3 is 2.73 bits per heavy atom. The summed E-state index contributed by atoms with van der Waals surface area (Å²) in [6, 6.07) is 11.8. The van der Waals surface area contributed by atoms with Gasteiger partial charge >= 0.3 is 0 Å². The number of hydrogen-bond acceptors (Lipinski definition) is 7. The van der Waals surface area contributed by atoms with E-state index in [0.29, 0.717) is 28.5 Å². The van der Waals surface area contributed by atoms with Gasteiger partial charge in [-0.1, -0.05) is 32.1 Å². The van der Waals surface area contributed by atoms with Crippen molar-refractivity contribution in [2.75, 3.05) is 11.9 Å². The van der Waals surface area contributed by atoms with Gasteiger partial charge in [-0.25, -0.2) is 19.3 Å². The third kappa shape index (κ3) is 4.45. The summed E-state index contributed by atoms with van der Waals surface area (Å²) in [5, 5.41) is 17.8. The van der Waals surface area contributed by atoms with Crippen molar-refractivity contribution in [2.45, 2.75) is 58.2 Å². The number of benzene rings is 1. The Balaban J connectivity index is 1.62. The standard InChI is InChI=1S/C28H33N7O2/c1-6-14-34-25(36)21-17-30-26(31-20-11-10-19-16-29-13-12-18(19)15-20)33-24(21)35(34)23-9-7-8-22(32-23)27(2,3)28(4,5)37/h6-11,15,17,29,37H,1,12-14,16H2,2-5H3,(H,30,31,33). The van der Waals surface area contributed by atoms with Crippen LogP contribution in [0.3, 0.4) is 0 Å². The van der Waals surface area contributed by atoms with Crippen molar-refractivity contribution in [2.24, 2.45) is 0 Å². The molecule has 9 heteroatoms. The highest BCUT2D eigenvalue weighted by atomic mass is 16.3. The van der Waals surface area contributed by atoms with Gasteiger partial charge in [0.05, 0.1) is 17.8 Å². The fraction of sp³-hybridized carbons (Fsp3) is 0.357. The lowest BCUT2D eigenvalue weighted by molar-refractivity contribution is 0.00776. The second-order valence-corrected chi connectivity index (χ2v) is 10.5. The highest BCUT2D eigenvalue weighted by Crippen LogP contribution is 2.34. The van der Waals surface area contributed by atoms with Gasteiger partial charge in [0.15, 0.2) is 11.5 Å². The average Bonchev–Trinajstić information content (AvgIpc) is 3.14. The summed E-state index contributed by atoms with van der Waals surface area (Å²) in [6.07, 6.45) is 4.18. The van der Waals surface area contributed by atoms with Gasteiger partial charge in [-0.2, -0.15) is 4.98 Å². The summed E-state index contributed by atoms with van der Waals surface area (Å²) >= 11 is 0. The number of aromatic nitrogens is 5. The average molecular weight is 500 g/mol. The molecule has 1 aliphatic rings. The first-order valence-electron chi connectivity index (χ1n) is 12.5. The number of allylic oxidation sites excluding steroid dienone is 1. The molecule has 1 aromatic carbocycles. The molecule has 192 valence electrons. The van der Waals surface area contributed by atoms with Crippen LogP contribution in [0.15, 0.2) is 60.0 Å². The van der Waals surface area contributed by atoms with E-state index in [1.54, 1.807) is 35.5 Å². The van der Waals surface area contributed by atoms with Crippen molar-refractivity contribution in [1.29, 1.82) is 0 Å². The Hall–Kier alpha value is -3.82. The van der Waals surface area contributed by atoms with Crippen molar-refractivity contribution in [3.63, 3.8) is 0 Å². The molecule has 0 saturated carbocycles. The fourth-order valence-electron chi connectivity index (χ4n) is 4.50. The van der Waals surface area contributed by atoms with Gasteiger partial charge in [0.2, 0.25) is 5.95 Å². The molecule has 0 unspecified atom stereocenters. The van der Waals surface area contributed by atoms with E-state index < -0.39 is 11.0 Å². The quantitative estimate of drug-likeness (QED) is 0.333. The Bertz CT molecular complexity index is 1540. The van der Waals surface area contributed by atoms with Gasteiger partial charge in [-0.15, -0.1) is 6.58 Å². The molecule has 0 aliphatic carbocycles. The van der Waals surface area contributed by atoms with E-state index in [1.165, 1.54) is 11.1 Å². The first kappa shape index (κ1) is 24.9. The molecule has 37 heavy (non-hydrogen) atoms. The minimum absolute atomic E-state index is 0.225. The maximum atomic E-state index is 13.3. The minimum atomic E-state index is -1.01. The monoisotopic (exact) mass is 499 g/mol. The topological polar surface area (TPSA) is 110 Å². The predicted molar refractivity (Wildman–Crippen MR) is 146 cm³/mol. The van der Waals surface area contributed by atoms with E-state index in [4.69, 9.17) is 9.97 Å². The van der Waals surface area contributed by atoms with Crippen molar-refractivity contribution in [1.82, 2.24) is 29.6 Å². The van der Waals surface area contributed by atoms with Crippen LogP contribution in [-0.2, 0) is 24.9 Å². The lowest BCUT2D eigenvalue weighted by Crippen LogP contribution is -2.43. The number of pyridine rings is 1. The highest BCUT2D eigenvalue weighted by molar-refractivity contribution is 5.77. The zero-order valence-electron chi connectivity index (χ0n) is 21.7. The molecule has 0 bridgehead atoms. The Morgan fingerprint density at radius 2 is 1.97 bits per heavy atom. The lowest BCUT2D eigenvalue weighted by atomic mass is 9.74. The van der Waals surface area contributed by atoms with Crippen molar-refractivity contribution in [3.8, 4) is 5.82 Å². The van der Waals surface area contributed by atoms with Crippen LogP contribution < -0.4 is 16.2 Å². The third-order valence-electron chi connectivity index (χ3n) is 7.45. The van der Waals surface area contributed by atoms with Gasteiger partial charge in [-0.3, -0.25) is 4.79 Å². The lowest BCUT2D eigenvalue weighted by Gasteiger charge is -2.36. The zero-order valence-corrected chi connectivity index (χ0v) is 21.7. The summed E-state index contributed by atoms with van der Waals surface area (Å²) in [4.78, 5) is 27.4. The van der Waals surface area contributed by atoms with E-state index in [1.807, 2.05) is 38.1 Å². The Kier molecular flexibility index (Phi) is 6.21. The largest absolute Gasteiger partial charge is 0.390 e. The van der Waals surface area contributed by atoms with Crippen molar-refractivity contribution >= 4 is 22.7 Å². The summed E-state index contributed by atoms with van der Waals surface area (Å²) in [5.74, 6) is 0.911. The van der Waals surface area contributed by atoms with Crippen LogP contribution in [0.25, 0.3) is 16.9 Å². The number of fused-ring (bicyclic) bond motifs is 2. The van der Waals surface area contributed by atoms with E-state index in [2.05, 4.69) is 34.3 Å². The smallest absolute Gasteiger partial charge is 0.278 e. The van der Waals surface area contributed by atoms with Crippen LogP contribution in [0.1, 0.15) is 44.5 Å². The van der Waals surface area contributed by atoms with E-state index in [0.717, 1.165) is 25.2 Å². The zero-order chi connectivity index (χ0) is 26.4. The molecule has 0 radical (unpaired) electrons. The molecule has 3 aromatic heterocycles. The van der Waals surface area contributed by atoms with E-state index >= 15 is 0 Å². The molecule has 0 spiro atoms. The van der Waals surface area contributed by atoms with Crippen LogP contribution in [0.5, 0.6) is 0 Å². The van der Waals surface area contributed by atoms with E-state index in [-0.39, 0.29) is 12.1 Å². The molecule has 0 fully saturated rings. The van der Waals surface area contributed by atoms with Crippen LogP contribution in [0.4, 0.5) is 11.6 Å². The van der Waals surface area contributed by atoms with Crippen LogP contribution >= 0.6 is 0 Å². The van der Waals surface area contributed by atoms with Gasteiger partial charge < -0.3 is 15.7 Å². The number of anilines is 2. The SMILES string of the molecule is C=CCn1c(=O)c2cnc(Nc3ccc4c(c3)CCNC4)nc2n1-c1cccc(C(C)(C)C(C)(C)O)n1. The minimum Gasteiger partial charge on any atom is -0.390 e. The molecule has 0 atom stereocenters. The van der Waals surface area contributed by atoms with Crippen molar-refractivity contribution in [3.05, 3.63) is 82.4 Å². The fourth-order valence-corrected chi connectivity index (χ4v) is 4.50. The van der Waals surface area contributed by atoms with Gasteiger partial charge in [0.1, 0.15) is 5.39 Å². The molecule has 4 aromatic rings. The summed E-state index contributed by atoms with van der Waals surface area (Å²) in [6.45, 7) is 13.4. The predicted octanol–water partition coefficient (Wildman–Crippen LogP) is 3.60. The number of rotatable bonds is 7. The van der Waals surface area contributed by atoms with Gasteiger partial charge in [0, 0.05) is 23.8 Å². The second kappa shape index (κ2) is 9.24. The Morgan fingerprint density at radius 1 is 1.16 bits per heavy atom. The molecular formula is C28H33N7O2. The molecular weight excluding hydrogens is 466 g/mol. The first-order valence-corrected chi connectivity index (χ1v) is 12.5. The number of hydrogen-bond donors (Lipinski definition) is 3. The van der Waals surface area contributed by atoms with Crippen LogP contribution in [-0.4, -0.2) is 41.6 Å². The molecule has 9 nitrogen and oxygen atoms in total. The highest BCUT2D eigenvalue weighted by Gasteiger charge is 2.38. The normalized spacial score (nSPS) is 14.0. The molecule has 4 heterocycles. The summed E-state index contributed by atoms with van der Waals surface area (Å²) in [7, 11) is 0. The molecule has 3 N–H and O–H groups in total. The maximum Gasteiger partial charge on any atom is 0.278 e. The number of aliphatic hydroxyl groups is 1. The third-order valence-corrected chi connectivity index (χ3v) is 7.45. The molecule has 1 aliphatic heterocycles. The van der Waals surface area contributed by atoms with Gasteiger partial charge in [-0.05, 0) is 62.2 Å².